The van der Waals surface area contributed by atoms with E-state index in [9.17, 15) is 14.9 Å². The zero-order valence-corrected chi connectivity index (χ0v) is 9.51. The lowest BCUT2D eigenvalue weighted by Gasteiger charge is -2.22. The molecule has 1 atom stereocenters. The molecule has 5 heteroatoms. The van der Waals surface area contributed by atoms with Crippen LogP contribution in [-0.4, -0.2) is 17.3 Å². The summed E-state index contributed by atoms with van der Waals surface area (Å²) in [7, 11) is 0. The quantitative estimate of drug-likeness (QED) is 0.582. The van der Waals surface area contributed by atoms with Gasteiger partial charge >= 0.3 is 0 Å². The molecule has 1 aliphatic heterocycles. The van der Waals surface area contributed by atoms with Gasteiger partial charge in [0.05, 0.1) is 17.6 Å². The predicted octanol–water partition coefficient (Wildman–Crippen LogP) is 2.32. The van der Waals surface area contributed by atoms with Crippen LogP contribution in [0.5, 0.6) is 0 Å². The van der Waals surface area contributed by atoms with Gasteiger partial charge in [0, 0.05) is 24.5 Å². The molecule has 0 saturated carbocycles. The van der Waals surface area contributed by atoms with Gasteiger partial charge in [-0.25, -0.2) is 0 Å². The lowest BCUT2D eigenvalue weighted by atomic mass is 9.98. The van der Waals surface area contributed by atoms with Crippen molar-refractivity contribution in [2.24, 2.45) is 0 Å². The molecule has 1 unspecified atom stereocenters. The van der Waals surface area contributed by atoms with Gasteiger partial charge in [0.1, 0.15) is 5.78 Å². The first kappa shape index (κ1) is 11.7. The van der Waals surface area contributed by atoms with Crippen LogP contribution < -0.4 is 0 Å². The molecule has 0 spiro atoms. The van der Waals surface area contributed by atoms with Crippen LogP contribution >= 0.6 is 0 Å². The molecule has 0 bridgehead atoms. The van der Waals surface area contributed by atoms with E-state index in [1.54, 1.807) is 19.1 Å². The summed E-state index contributed by atoms with van der Waals surface area (Å²) in [5.74, 6) is 0.178. The largest absolute Gasteiger partial charge is 0.373 e. The minimum absolute atomic E-state index is 0.0934. The van der Waals surface area contributed by atoms with Crippen molar-refractivity contribution in [2.45, 2.75) is 25.9 Å². The monoisotopic (exact) mass is 235 g/mol. The second-order valence-corrected chi connectivity index (χ2v) is 4.16. The SMILES string of the molecule is Cc1cc(C2CC(=O)CCO2)ccc1[N+](=O)[O-]. The molecule has 1 aromatic carbocycles. The van der Waals surface area contributed by atoms with Crippen LogP contribution in [0.25, 0.3) is 0 Å². The highest BCUT2D eigenvalue weighted by Gasteiger charge is 2.23. The highest BCUT2D eigenvalue weighted by atomic mass is 16.6. The number of Topliss-reactive ketones (excluding diaryl/α,β-unsaturated/α-hetero) is 1. The van der Waals surface area contributed by atoms with Crippen LogP contribution in [0.15, 0.2) is 18.2 Å². The van der Waals surface area contributed by atoms with Gasteiger partial charge in [0.2, 0.25) is 0 Å². The predicted molar refractivity (Wildman–Crippen MR) is 60.8 cm³/mol. The van der Waals surface area contributed by atoms with E-state index < -0.39 is 4.92 Å². The number of nitro benzene ring substituents is 1. The van der Waals surface area contributed by atoms with Crippen molar-refractivity contribution >= 4 is 11.5 Å². The first-order chi connectivity index (χ1) is 8.08. The van der Waals surface area contributed by atoms with Crippen molar-refractivity contribution in [1.29, 1.82) is 0 Å². The molecular formula is C12H13NO4. The van der Waals surface area contributed by atoms with Gasteiger partial charge in [-0.1, -0.05) is 0 Å². The summed E-state index contributed by atoms with van der Waals surface area (Å²) in [6, 6.07) is 4.85. The Morgan fingerprint density at radius 1 is 1.47 bits per heavy atom. The number of carbonyl (C=O) groups excluding carboxylic acids is 1. The van der Waals surface area contributed by atoms with Crippen molar-refractivity contribution in [1.82, 2.24) is 0 Å². The maximum absolute atomic E-state index is 11.3. The Hall–Kier alpha value is -1.75. The lowest BCUT2D eigenvalue weighted by Crippen LogP contribution is -2.19. The fraction of sp³-hybridized carbons (Fsp3) is 0.417. The lowest BCUT2D eigenvalue weighted by molar-refractivity contribution is -0.385. The molecule has 1 aliphatic rings. The maximum atomic E-state index is 11.3. The number of hydrogen-bond acceptors (Lipinski definition) is 4. The zero-order valence-electron chi connectivity index (χ0n) is 9.51. The van der Waals surface area contributed by atoms with E-state index in [-0.39, 0.29) is 17.6 Å². The normalized spacial score (nSPS) is 20.3. The standard InChI is InChI=1S/C12H13NO4/c1-8-6-9(2-3-11(8)13(15)16)12-7-10(14)4-5-17-12/h2-3,6,12H,4-5,7H2,1H3. The molecule has 0 amide bonds. The van der Waals surface area contributed by atoms with Crippen molar-refractivity contribution in [2.75, 3.05) is 6.61 Å². The first-order valence-electron chi connectivity index (χ1n) is 5.46. The van der Waals surface area contributed by atoms with E-state index in [4.69, 9.17) is 4.74 Å². The van der Waals surface area contributed by atoms with E-state index in [2.05, 4.69) is 0 Å². The molecule has 1 fully saturated rings. The molecule has 17 heavy (non-hydrogen) atoms. The average Bonchev–Trinajstić information content (AvgIpc) is 2.28. The Morgan fingerprint density at radius 2 is 2.24 bits per heavy atom. The molecule has 90 valence electrons. The molecule has 1 saturated heterocycles. The summed E-state index contributed by atoms with van der Waals surface area (Å²) in [5, 5.41) is 10.7. The van der Waals surface area contributed by atoms with E-state index in [0.29, 0.717) is 25.0 Å². The summed E-state index contributed by atoms with van der Waals surface area (Å²) >= 11 is 0. The second kappa shape index (κ2) is 4.63. The summed E-state index contributed by atoms with van der Waals surface area (Å²) in [6.07, 6.45) is 0.565. The van der Waals surface area contributed by atoms with E-state index >= 15 is 0 Å². The van der Waals surface area contributed by atoms with Crippen molar-refractivity contribution < 1.29 is 14.5 Å². The number of rotatable bonds is 2. The van der Waals surface area contributed by atoms with Crippen LogP contribution in [0.4, 0.5) is 5.69 Å². The van der Waals surface area contributed by atoms with E-state index in [1.165, 1.54) is 6.07 Å². The van der Waals surface area contributed by atoms with Gasteiger partial charge < -0.3 is 4.74 Å². The molecule has 1 heterocycles. The number of ether oxygens (including phenoxy) is 1. The molecule has 5 nitrogen and oxygen atoms in total. The number of carbonyl (C=O) groups is 1. The first-order valence-corrected chi connectivity index (χ1v) is 5.46. The molecule has 1 aromatic rings. The summed E-state index contributed by atoms with van der Waals surface area (Å²) in [4.78, 5) is 21.6. The fourth-order valence-electron chi connectivity index (χ4n) is 1.98. The van der Waals surface area contributed by atoms with Gasteiger partial charge in [-0.3, -0.25) is 14.9 Å². The minimum Gasteiger partial charge on any atom is -0.373 e. The van der Waals surface area contributed by atoms with Crippen molar-refractivity contribution in [3.8, 4) is 0 Å². The van der Waals surface area contributed by atoms with Crippen LogP contribution in [0.3, 0.4) is 0 Å². The summed E-state index contributed by atoms with van der Waals surface area (Å²) in [5.41, 5.74) is 1.52. The second-order valence-electron chi connectivity index (χ2n) is 4.16. The number of nitrogens with zero attached hydrogens (tertiary/aromatic N) is 1. The number of nitro groups is 1. The van der Waals surface area contributed by atoms with E-state index in [0.717, 1.165) is 5.56 Å². The molecule has 0 radical (unpaired) electrons. The number of benzene rings is 1. The third kappa shape index (κ3) is 2.50. The van der Waals surface area contributed by atoms with Crippen LogP contribution in [0, 0.1) is 17.0 Å². The summed E-state index contributed by atoms with van der Waals surface area (Å²) in [6.45, 7) is 2.12. The van der Waals surface area contributed by atoms with Gasteiger partial charge in [-0.15, -0.1) is 0 Å². The third-order valence-corrected chi connectivity index (χ3v) is 2.90. The Kier molecular flexibility index (Phi) is 3.19. The highest BCUT2D eigenvalue weighted by molar-refractivity contribution is 5.79. The summed E-state index contributed by atoms with van der Waals surface area (Å²) < 4.78 is 5.50. The molecule has 0 aromatic heterocycles. The Labute approximate surface area is 98.5 Å². The fourth-order valence-corrected chi connectivity index (χ4v) is 1.98. The van der Waals surface area contributed by atoms with Crippen molar-refractivity contribution in [3.63, 3.8) is 0 Å². The zero-order chi connectivity index (χ0) is 12.4. The van der Waals surface area contributed by atoms with Crippen molar-refractivity contribution in [3.05, 3.63) is 39.4 Å². The minimum atomic E-state index is -0.411. The van der Waals surface area contributed by atoms with Gasteiger partial charge in [-0.2, -0.15) is 0 Å². The van der Waals surface area contributed by atoms with Gasteiger partial charge in [0.15, 0.2) is 0 Å². The van der Waals surface area contributed by atoms with Gasteiger partial charge in [-0.05, 0) is 24.6 Å². The Balaban J connectivity index is 2.25. The third-order valence-electron chi connectivity index (χ3n) is 2.90. The number of ketones is 1. The maximum Gasteiger partial charge on any atom is 0.272 e. The number of hydrogen-bond donors (Lipinski definition) is 0. The topological polar surface area (TPSA) is 69.4 Å². The molecule has 0 N–H and O–H groups in total. The average molecular weight is 235 g/mol. The number of aryl methyl sites for hydroxylation is 1. The van der Waals surface area contributed by atoms with E-state index in [1.807, 2.05) is 0 Å². The van der Waals surface area contributed by atoms with Gasteiger partial charge in [0.25, 0.3) is 5.69 Å². The molecule has 2 rings (SSSR count). The van der Waals surface area contributed by atoms with Crippen LogP contribution in [0.1, 0.15) is 30.1 Å². The highest BCUT2D eigenvalue weighted by Crippen LogP contribution is 2.29. The smallest absolute Gasteiger partial charge is 0.272 e. The van der Waals surface area contributed by atoms with Crippen LogP contribution in [0.2, 0.25) is 0 Å². The Bertz CT molecular complexity index is 470. The molecular weight excluding hydrogens is 222 g/mol. The van der Waals surface area contributed by atoms with Crippen LogP contribution in [-0.2, 0) is 9.53 Å². The Morgan fingerprint density at radius 3 is 2.82 bits per heavy atom. The molecule has 0 aliphatic carbocycles.